The van der Waals surface area contributed by atoms with Crippen LogP contribution in [-0.4, -0.2) is 52.3 Å². The third kappa shape index (κ3) is 7.97. The Hall–Kier alpha value is -3.65. The van der Waals surface area contributed by atoms with Crippen LogP contribution in [0.15, 0.2) is 42.5 Å². The Bertz CT molecular complexity index is 1390. The van der Waals surface area contributed by atoms with Crippen molar-refractivity contribution < 1.29 is 23.9 Å². The zero-order valence-corrected chi connectivity index (χ0v) is 25.3. The molecule has 0 saturated carbocycles. The topological polar surface area (TPSA) is 97.7 Å². The maximum Gasteiger partial charge on any atom is 0.308 e. The van der Waals surface area contributed by atoms with Crippen molar-refractivity contribution in [3.05, 3.63) is 64.3 Å². The molecular weight excluding hydrogens is 542 g/mol. The first-order valence-electron chi connectivity index (χ1n) is 14.3. The molecule has 0 bridgehead atoms. The highest BCUT2D eigenvalue weighted by Gasteiger charge is 2.27. The summed E-state index contributed by atoms with van der Waals surface area (Å²) in [6.45, 7) is 10.2. The molecule has 3 aromatic rings. The molecule has 0 fully saturated rings. The third-order valence-corrected chi connectivity index (χ3v) is 7.51. The molecule has 9 heteroatoms. The minimum atomic E-state index is -0.625. The first-order chi connectivity index (χ1) is 19.6. The largest absolute Gasteiger partial charge is 0.427 e. The van der Waals surface area contributed by atoms with Crippen LogP contribution in [-0.2, 0) is 20.8 Å². The fourth-order valence-corrected chi connectivity index (χ4v) is 5.22. The number of esters is 1. The second-order valence-electron chi connectivity index (χ2n) is 10.1. The van der Waals surface area contributed by atoms with E-state index in [0.29, 0.717) is 58.0 Å². The number of nitrogens with one attached hydrogen (secondary N) is 1. The van der Waals surface area contributed by atoms with Crippen molar-refractivity contribution in [3.63, 3.8) is 0 Å². The summed E-state index contributed by atoms with van der Waals surface area (Å²) in [5.74, 6) is -0.841. The molecule has 0 aliphatic carbocycles. The van der Waals surface area contributed by atoms with Crippen LogP contribution in [0.1, 0.15) is 81.4 Å². The molecule has 1 heterocycles. The van der Waals surface area contributed by atoms with Gasteiger partial charge in [-0.2, -0.15) is 0 Å². The van der Waals surface area contributed by atoms with Gasteiger partial charge in [-0.3, -0.25) is 23.7 Å². The molecule has 41 heavy (non-hydrogen) atoms. The van der Waals surface area contributed by atoms with Crippen molar-refractivity contribution >= 4 is 46.2 Å². The number of likely N-dealkylation sites (N-methyl/N-ethyl adjacent to an activating group) is 1. The lowest BCUT2D eigenvalue weighted by Gasteiger charge is -2.26. The van der Waals surface area contributed by atoms with Crippen molar-refractivity contribution in [1.29, 1.82) is 0 Å². The van der Waals surface area contributed by atoms with Crippen LogP contribution in [0.5, 0.6) is 5.75 Å². The molecule has 0 spiro atoms. The maximum atomic E-state index is 13.6. The number of carbonyl (C=O) groups is 4. The van der Waals surface area contributed by atoms with Crippen molar-refractivity contribution in [2.75, 3.05) is 13.1 Å². The summed E-state index contributed by atoms with van der Waals surface area (Å²) in [6.07, 6.45) is 4.50. The second kappa shape index (κ2) is 14.8. The molecule has 0 aliphatic heterocycles. The van der Waals surface area contributed by atoms with E-state index >= 15 is 0 Å². The van der Waals surface area contributed by atoms with Gasteiger partial charge in [0.2, 0.25) is 11.8 Å². The molecule has 1 N–H and O–H groups in total. The van der Waals surface area contributed by atoms with Crippen molar-refractivity contribution in [1.82, 2.24) is 14.8 Å². The normalized spacial score (nSPS) is 11.8. The molecule has 0 aliphatic rings. The number of halogens is 1. The molecule has 2 aromatic carbocycles. The van der Waals surface area contributed by atoms with E-state index in [1.54, 1.807) is 58.9 Å². The van der Waals surface area contributed by atoms with Gasteiger partial charge < -0.3 is 15.0 Å². The molecule has 8 nitrogen and oxygen atoms in total. The Labute approximate surface area is 247 Å². The Morgan fingerprint density at radius 2 is 1.66 bits per heavy atom. The van der Waals surface area contributed by atoms with Crippen LogP contribution in [0.25, 0.3) is 10.9 Å². The van der Waals surface area contributed by atoms with Gasteiger partial charge in [-0.1, -0.05) is 44.2 Å². The number of carbonyl (C=O) groups excluding carboxylic acids is 4. The molecule has 0 radical (unpaired) electrons. The van der Waals surface area contributed by atoms with Crippen LogP contribution in [0, 0.1) is 6.92 Å². The number of aromatic nitrogens is 1. The van der Waals surface area contributed by atoms with E-state index in [4.69, 9.17) is 16.3 Å². The zero-order valence-electron chi connectivity index (χ0n) is 24.6. The molecule has 220 valence electrons. The summed E-state index contributed by atoms with van der Waals surface area (Å²) in [5.41, 5.74) is 2.22. The Morgan fingerprint density at radius 1 is 0.976 bits per heavy atom. The first kappa shape index (κ1) is 31.9. The average molecular weight is 582 g/mol. The fourth-order valence-electron chi connectivity index (χ4n) is 5.09. The zero-order chi connectivity index (χ0) is 30.1. The van der Waals surface area contributed by atoms with Gasteiger partial charge in [0.1, 0.15) is 11.8 Å². The monoisotopic (exact) mass is 581 g/mol. The number of hydrogen-bond donors (Lipinski definition) is 1. The van der Waals surface area contributed by atoms with E-state index in [-0.39, 0.29) is 24.1 Å². The van der Waals surface area contributed by atoms with Crippen molar-refractivity contribution in [3.8, 4) is 5.75 Å². The quantitative estimate of drug-likeness (QED) is 0.150. The van der Waals surface area contributed by atoms with Gasteiger partial charge in [-0.15, -0.1) is 0 Å². The lowest BCUT2D eigenvalue weighted by molar-refractivity contribution is -0.136. The number of unbranched alkanes of at least 4 members (excludes halogenated alkanes) is 3. The van der Waals surface area contributed by atoms with Gasteiger partial charge in [-0.05, 0) is 75.2 Å². The highest BCUT2D eigenvalue weighted by Crippen LogP contribution is 2.31. The number of benzene rings is 2. The van der Waals surface area contributed by atoms with E-state index in [0.717, 1.165) is 25.7 Å². The van der Waals surface area contributed by atoms with Gasteiger partial charge in [0.15, 0.2) is 0 Å². The smallest absolute Gasteiger partial charge is 0.308 e. The van der Waals surface area contributed by atoms with Crippen LogP contribution in [0.4, 0.5) is 0 Å². The Morgan fingerprint density at radius 3 is 2.27 bits per heavy atom. The van der Waals surface area contributed by atoms with Crippen LogP contribution >= 0.6 is 11.6 Å². The van der Waals surface area contributed by atoms with E-state index in [1.165, 1.54) is 6.92 Å². The van der Waals surface area contributed by atoms with Gasteiger partial charge in [0, 0.05) is 41.7 Å². The molecule has 1 aromatic heterocycles. The van der Waals surface area contributed by atoms with Crippen molar-refractivity contribution in [2.45, 2.75) is 79.2 Å². The van der Waals surface area contributed by atoms with Crippen molar-refractivity contribution in [2.24, 2.45) is 0 Å². The Balaban J connectivity index is 1.99. The summed E-state index contributed by atoms with van der Waals surface area (Å²) < 4.78 is 6.86. The van der Waals surface area contributed by atoms with Gasteiger partial charge >= 0.3 is 5.97 Å². The molecule has 1 atom stereocenters. The highest BCUT2D eigenvalue weighted by atomic mass is 35.5. The van der Waals surface area contributed by atoms with E-state index < -0.39 is 12.0 Å². The molecule has 2 amide bonds. The lowest BCUT2D eigenvalue weighted by Crippen LogP contribution is -2.49. The summed E-state index contributed by atoms with van der Waals surface area (Å²) >= 11 is 6.03. The summed E-state index contributed by atoms with van der Waals surface area (Å²) in [6, 6.07) is 11.0. The Kier molecular flexibility index (Phi) is 11.5. The SMILES string of the molecule is CCCCCCC(NC(=O)Cc1c(C)n(C(=O)c2ccc(Cl)cc2)c2ccc(OC(C)=O)cc12)C(=O)N(CC)CC. The van der Waals surface area contributed by atoms with E-state index in [2.05, 4.69) is 12.2 Å². The minimum Gasteiger partial charge on any atom is -0.427 e. The summed E-state index contributed by atoms with van der Waals surface area (Å²) in [4.78, 5) is 53.7. The molecule has 0 saturated heterocycles. The minimum absolute atomic E-state index is 0.0518. The van der Waals surface area contributed by atoms with Gasteiger partial charge in [0.25, 0.3) is 5.91 Å². The number of nitrogens with zero attached hydrogens (tertiary/aromatic N) is 2. The lowest BCUT2D eigenvalue weighted by atomic mass is 10.0. The maximum absolute atomic E-state index is 13.6. The van der Waals surface area contributed by atoms with Crippen LogP contribution < -0.4 is 10.1 Å². The van der Waals surface area contributed by atoms with Gasteiger partial charge in [0.05, 0.1) is 11.9 Å². The number of ether oxygens (including phenoxy) is 1. The van der Waals surface area contributed by atoms with Crippen LogP contribution in [0.3, 0.4) is 0 Å². The summed E-state index contributed by atoms with van der Waals surface area (Å²) in [7, 11) is 0. The molecule has 1 unspecified atom stereocenters. The van der Waals surface area contributed by atoms with Gasteiger partial charge in [-0.25, -0.2) is 0 Å². The standard InChI is InChI=1S/C32H40ClN3O5/c1-6-9-10-11-12-28(32(40)35(7-2)8-3)34-30(38)20-26-21(4)36(31(39)23-13-15-24(33)16-14-23)29-18-17-25(19-27(26)29)41-22(5)37/h13-19,28H,6-12,20H2,1-5H3,(H,34,38). The predicted octanol–water partition coefficient (Wildman–Crippen LogP) is 6.08. The van der Waals surface area contributed by atoms with E-state index in [9.17, 15) is 19.2 Å². The second-order valence-corrected chi connectivity index (χ2v) is 10.6. The number of rotatable bonds is 13. The summed E-state index contributed by atoms with van der Waals surface area (Å²) in [5, 5.41) is 4.12. The predicted molar refractivity (Wildman–Crippen MR) is 161 cm³/mol. The third-order valence-electron chi connectivity index (χ3n) is 7.25. The van der Waals surface area contributed by atoms with E-state index in [1.807, 2.05) is 13.8 Å². The fraction of sp³-hybridized carbons (Fsp3) is 0.438. The number of amides is 2. The number of fused-ring (bicyclic) bond motifs is 1. The first-order valence-corrected chi connectivity index (χ1v) is 14.7. The number of hydrogen-bond acceptors (Lipinski definition) is 5. The molecular formula is C32H40ClN3O5. The average Bonchev–Trinajstić information content (AvgIpc) is 3.20. The van der Waals surface area contributed by atoms with Crippen LogP contribution in [0.2, 0.25) is 5.02 Å². The highest BCUT2D eigenvalue weighted by molar-refractivity contribution is 6.30. The molecule has 3 rings (SSSR count).